The maximum Gasteiger partial charge on any atom is 0.107 e. The molecule has 4 heteroatoms. The number of aromatic nitrogens is 1. The summed E-state index contributed by atoms with van der Waals surface area (Å²) in [6.45, 7) is 3.11. The molecule has 16 heavy (non-hydrogen) atoms. The molecule has 0 amide bonds. The van der Waals surface area contributed by atoms with Crippen LogP contribution in [0, 0.1) is 6.92 Å². The minimum absolute atomic E-state index is 0.409. The van der Waals surface area contributed by atoms with Gasteiger partial charge in [0.15, 0.2) is 0 Å². The Kier molecular flexibility index (Phi) is 2.94. The molecular weight excluding hydrogens is 240 g/mol. The Balaban J connectivity index is 1.72. The minimum Gasteiger partial charge on any atom is -0.291 e. The van der Waals surface area contributed by atoms with Crippen LogP contribution in [-0.2, 0) is 6.54 Å². The van der Waals surface area contributed by atoms with Gasteiger partial charge in [-0.1, -0.05) is 0 Å². The normalized spacial score (nSPS) is 34.5. The molecule has 3 rings (SSSR count). The first-order chi connectivity index (χ1) is 7.72. The van der Waals surface area contributed by atoms with Crippen LogP contribution in [-0.4, -0.2) is 27.3 Å². The third kappa shape index (κ3) is 2.01. The van der Waals surface area contributed by atoms with E-state index in [1.54, 1.807) is 11.3 Å². The summed E-state index contributed by atoms with van der Waals surface area (Å²) >= 11 is 8.07. The molecule has 2 fully saturated rings. The van der Waals surface area contributed by atoms with Crippen molar-refractivity contribution in [2.75, 3.05) is 0 Å². The molecule has 2 aliphatic rings. The molecule has 2 bridgehead atoms. The lowest BCUT2D eigenvalue weighted by molar-refractivity contribution is 0.134. The molecule has 2 atom stereocenters. The summed E-state index contributed by atoms with van der Waals surface area (Å²) < 4.78 is 0. The van der Waals surface area contributed by atoms with Crippen LogP contribution < -0.4 is 0 Å². The third-order valence-corrected chi connectivity index (χ3v) is 5.12. The summed E-state index contributed by atoms with van der Waals surface area (Å²) in [5.41, 5.74) is 1.15. The number of aryl methyl sites for hydroxylation is 1. The van der Waals surface area contributed by atoms with E-state index in [0.29, 0.717) is 17.5 Å². The molecular formula is C12H17ClN2S. The molecule has 0 saturated carbocycles. The average molecular weight is 257 g/mol. The van der Waals surface area contributed by atoms with Crippen molar-refractivity contribution in [1.82, 2.24) is 9.88 Å². The summed E-state index contributed by atoms with van der Waals surface area (Å²) in [5.74, 6) is 0. The van der Waals surface area contributed by atoms with Crippen LogP contribution in [0.2, 0.25) is 0 Å². The average Bonchev–Trinajstić information content (AvgIpc) is 2.72. The molecule has 0 radical (unpaired) electrons. The predicted molar refractivity (Wildman–Crippen MR) is 68.1 cm³/mol. The van der Waals surface area contributed by atoms with Crippen molar-refractivity contribution in [3.05, 3.63) is 16.1 Å². The van der Waals surface area contributed by atoms with Gasteiger partial charge in [-0.05, 0) is 32.6 Å². The van der Waals surface area contributed by atoms with Gasteiger partial charge in [-0.15, -0.1) is 22.9 Å². The maximum atomic E-state index is 6.28. The van der Waals surface area contributed by atoms with Gasteiger partial charge >= 0.3 is 0 Å². The fraction of sp³-hybridized carbons (Fsp3) is 0.750. The maximum absolute atomic E-state index is 6.28. The summed E-state index contributed by atoms with van der Waals surface area (Å²) in [6, 6.07) is 1.43. The Morgan fingerprint density at radius 2 is 2.12 bits per heavy atom. The quantitative estimate of drug-likeness (QED) is 0.756. The van der Waals surface area contributed by atoms with E-state index < -0.39 is 0 Å². The Labute approximate surface area is 106 Å². The molecule has 0 aliphatic carbocycles. The highest BCUT2D eigenvalue weighted by Crippen LogP contribution is 2.38. The number of hydrogen-bond donors (Lipinski definition) is 0. The van der Waals surface area contributed by atoms with Crippen LogP contribution in [0.15, 0.2) is 5.38 Å². The first kappa shape index (κ1) is 11.0. The minimum atomic E-state index is 0.409. The van der Waals surface area contributed by atoms with Crippen LogP contribution in [0.3, 0.4) is 0 Å². The highest BCUT2D eigenvalue weighted by atomic mass is 35.5. The zero-order chi connectivity index (χ0) is 11.1. The molecule has 1 aromatic heterocycles. The lowest BCUT2D eigenvalue weighted by Crippen LogP contribution is -2.42. The van der Waals surface area contributed by atoms with Gasteiger partial charge in [-0.25, -0.2) is 4.98 Å². The van der Waals surface area contributed by atoms with Gasteiger partial charge < -0.3 is 0 Å². The molecule has 88 valence electrons. The van der Waals surface area contributed by atoms with Crippen molar-refractivity contribution in [2.45, 2.75) is 56.6 Å². The Morgan fingerprint density at radius 3 is 2.69 bits per heavy atom. The summed E-state index contributed by atoms with van der Waals surface area (Å²) in [6.07, 6.45) is 5.00. The van der Waals surface area contributed by atoms with E-state index in [-0.39, 0.29) is 0 Å². The molecule has 1 aromatic rings. The molecule has 0 aromatic carbocycles. The fourth-order valence-corrected chi connectivity index (χ4v) is 4.29. The number of thiazole rings is 1. The van der Waals surface area contributed by atoms with E-state index in [1.807, 2.05) is 0 Å². The molecule has 2 aliphatic heterocycles. The van der Waals surface area contributed by atoms with Crippen LogP contribution in [0.5, 0.6) is 0 Å². The second-order valence-electron chi connectivity index (χ2n) is 5.01. The van der Waals surface area contributed by atoms with Gasteiger partial charge in [0.1, 0.15) is 5.01 Å². The van der Waals surface area contributed by atoms with E-state index in [4.69, 9.17) is 11.6 Å². The second-order valence-corrected chi connectivity index (χ2v) is 6.57. The first-order valence-electron chi connectivity index (χ1n) is 6.03. The SMILES string of the molecule is Cc1csc(CN2C3CCC2CC(Cl)C3)n1. The summed E-state index contributed by atoms with van der Waals surface area (Å²) in [4.78, 5) is 7.20. The van der Waals surface area contributed by atoms with Crippen molar-refractivity contribution in [3.63, 3.8) is 0 Å². The van der Waals surface area contributed by atoms with Gasteiger partial charge in [0.2, 0.25) is 0 Å². The molecule has 0 spiro atoms. The number of fused-ring (bicyclic) bond motifs is 2. The second kappa shape index (κ2) is 4.28. The van der Waals surface area contributed by atoms with E-state index >= 15 is 0 Å². The lowest BCUT2D eigenvalue weighted by atomic mass is 10.0. The van der Waals surface area contributed by atoms with Gasteiger partial charge in [-0.2, -0.15) is 0 Å². The summed E-state index contributed by atoms with van der Waals surface area (Å²) in [7, 11) is 0. The number of rotatable bonds is 2. The van der Waals surface area contributed by atoms with Crippen molar-refractivity contribution in [1.29, 1.82) is 0 Å². The number of nitrogens with zero attached hydrogens (tertiary/aromatic N) is 2. The van der Waals surface area contributed by atoms with Gasteiger partial charge in [0.25, 0.3) is 0 Å². The zero-order valence-corrected chi connectivity index (χ0v) is 11.1. The van der Waals surface area contributed by atoms with Gasteiger partial charge in [-0.3, -0.25) is 4.90 Å². The Bertz CT molecular complexity index is 365. The van der Waals surface area contributed by atoms with Gasteiger partial charge in [0, 0.05) is 28.5 Å². The lowest BCUT2D eigenvalue weighted by Gasteiger charge is -2.36. The number of piperidine rings is 1. The number of halogens is 1. The number of alkyl halides is 1. The molecule has 2 unspecified atom stereocenters. The van der Waals surface area contributed by atoms with E-state index in [2.05, 4.69) is 22.2 Å². The van der Waals surface area contributed by atoms with Gasteiger partial charge in [0.05, 0.1) is 6.54 Å². The van der Waals surface area contributed by atoms with Crippen LogP contribution in [0.4, 0.5) is 0 Å². The standard InChI is InChI=1S/C12H17ClN2S/c1-8-7-16-12(14-8)6-15-10-2-3-11(15)5-9(13)4-10/h7,9-11H,2-6H2,1H3. The number of hydrogen-bond acceptors (Lipinski definition) is 3. The zero-order valence-electron chi connectivity index (χ0n) is 9.53. The smallest absolute Gasteiger partial charge is 0.107 e. The van der Waals surface area contributed by atoms with Crippen molar-refractivity contribution < 1.29 is 0 Å². The van der Waals surface area contributed by atoms with Crippen molar-refractivity contribution >= 4 is 22.9 Å². The van der Waals surface area contributed by atoms with Crippen LogP contribution in [0.1, 0.15) is 36.4 Å². The van der Waals surface area contributed by atoms with E-state index in [1.165, 1.54) is 30.7 Å². The summed E-state index contributed by atoms with van der Waals surface area (Å²) in [5, 5.41) is 3.82. The Morgan fingerprint density at radius 1 is 1.44 bits per heavy atom. The molecule has 3 heterocycles. The highest BCUT2D eigenvalue weighted by molar-refractivity contribution is 7.09. The topological polar surface area (TPSA) is 16.1 Å². The monoisotopic (exact) mass is 256 g/mol. The predicted octanol–water partition coefficient (Wildman–Crippen LogP) is 3.19. The van der Waals surface area contributed by atoms with Crippen molar-refractivity contribution in [3.8, 4) is 0 Å². The van der Waals surface area contributed by atoms with E-state index in [0.717, 1.165) is 12.2 Å². The van der Waals surface area contributed by atoms with E-state index in [9.17, 15) is 0 Å². The first-order valence-corrected chi connectivity index (χ1v) is 7.35. The van der Waals surface area contributed by atoms with Crippen molar-refractivity contribution in [2.24, 2.45) is 0 Å². The fourth-order valence-electron chi connectivity index (χ4n) is 3.10. The molecule has 2 saturated heterocycles. The molecule has 0 N–H and O–H groups in total. The molecule has 2 nitrogen and oxygen atoms in total. The highest BCUT2D eigenvalue weighted by Gasteiger charge is 2.40. The third-order valence-electron chi connectivity index (χ3n) is 3.81. The largest absolute Gasteiger partial charge is 0.291 e. The van der Waals surface area contributed by atoms with Crippen LogP contribution >= 0.6 is 22.9 Å². The van der Waals surface area contributed by atoms with Crippen LogP contribution in [0.25, 0.3) is 0 Å². The Hall–Kier alpha value is -0.120.